The van der Waals surface area contributed by atoms with Gasteiger partial charge in [-0.05, 0) is 111 Å². The predicted octanol–water partition coefficient (Wildman–Crippen LogP) is 12.7. The Morgan fingerprint density at radius 3 is 1.97 bits per heavy atom. The number of piperazine rings is 1. The summed E-state index contributed by atoms with van der Waals surface area (Å²) in [6, 6.07) is 47.5. The summed E-state index contributed by atoms with van der Waals surface area (Å²) in [6.45, 7) is 11.8. The van der Waals surface area contributed by atoms with Gasteiger partial charge in [-0.25, -0.2) is 14.2 Å². The number of hydrogen-bond acceptors (Lipinski definition) is 7. The molecule has 11 rings (SSSR count). The zero-order valence-corrected chi connectivity index (χ0v) is 41.9. The van der Waals surface area contributed by atoms with Gasteiger partial charge >= 0.3 is 6.09 Å². The second-order valence-corrected chi connectivity index (χ2v) is 20.8. The van der Waals surface area contributed by atoms with E-state index in [1.54, 1.807) is 18.1 Å². The lowest BCUT2D eigenvalue weighted by Gasteiger charge is -2.43. The number of pyridine rings is 1. The molecule has 1 N–H and O–H groups in total. The fraction of sp³-hybridized carbons (Fsp3) is 0.328. The van der Waals surface area contributed by atoms with E-state index in [0.717, 1.165) is 74.5 Å². The van der Waals surface area contributed by atoms with Crippen LogP contribution in [0, 0.1) is 12.7 Å². The van der Waals surface area contributed by atoms with Gasteiger partial charge in [-0.1, -0.05) is 121 Å². The summed E-state index contributed by atoms with van der Waals surface area (Å²) in [5.41, 5.74) is 8.01. The second-order valence-electron chi connectivity index (χ2n) is 20.8. The molecule has 0 radical (unpaired) electrons. The summed E-state index contributed by atoms with van der Waals surface area (Å²) < 4.78 is 38.9. The van der Waals surface area contributed by atoms with E-state index in [2.05, 4.69) is 129 Å². The molecule has 2 saturated heterocycles. The molecule has 72 heavy (non-hydrogen) atoms. The van der Waals surface area contributed by atoms with E-state index < -0.39 is 17.7 Å². The number of halogens is 1. The third-order valence-electron chi connectivity index (χ3n) is 15.7. The van der Waals surface area contributed by atoms with E-state index in [-0.39, 0.29) is 42.1 Å². The number of likely N-dealkylation sites (tertiary alicyclic amines) is 2. The fourth-order valence-electron chi connectivity index (χ4n) is 11.8. The number of fused-ring (bicyclic) bond motifs is 4. The molecular formula is C61H62FN5O5. The van der Waals surface area contributed by atoms with Gasteiger partial charge in [-0.2, -0.15) is 5.10 Å². The molecule has 1 aliphatic carbocycles. The van der Waals surface area contributed by atoms with Crippen LogP contribution < -0.4 is 9.47 Å². The largest absolute Gasteiger partial charge is 0.483 e. The molecule has 2 bridgehead atoms. The summed E-state index contributed by atoms with van der Waals surface area (Å²) in [7, 11) is 1.67. The van der Waals surface area contributed by atoms with Crippen molar-refractivity contribution in [2.24, 2.45) is 0 Å². The number of hydrogen-bond donors (Lipinski definition) is 1. The van der Waals surface area contributed by atoms with Crippen molar-refractivity contribution in [3.8, 4) is 22.8 Å². The van der Waals surface area contributed by atoms with Crippen molar-refractivity contribution in [1.82, 2.24) is 24.6 Å². The highest BCUT2D eigenvalue weighted by Crippen LogP contribution is 2.54. The van der Waals surface area contributed by atoms with Crippen molar-refractivity contribution >= 4 is 27.9 Å². The van der Waals surface area contributed by atoms with Crippen LogP contribution in [0.15, 0.2) is 146 Å². The zero-order valence-electron chi connectivity index (χ0n) is 41.9. The molecule has 6 aromatic carbocycles. The minimum absolute atomic E-state index is 0.0344. The molecule has 8 aromatic rings. The van der Waals surface area contributed by atoms with Crippen LogP contribution in [0.1, 0.15) is 97.9 Å². The minimum atomic E-state index is -0.941. The van der Waals surface area contributed by atoms with E-state index in [9.17, 15) is 9.90 Å². The highest BCUT2D eigenvalue weighted by molar-refractivity contribution is 6.05. The maximum absolute atomic E-state index is 17.2. The summed E-state index contributed by atoms with van der Waals surface area (Å²) in [5, 5.41) is 17.1. The van der Waals surface area contributed by atoms with Crippen LogP contribution in [0.5, 0.6) is 11.6 Å². The highest BCUT2D eigenvalue weighted by Gasteiger charge is 2.50. The number of methoxy groups -OCH3 is 1. The molecule has 1 saturated carbocycles. The van der Waals surface area contributed by atoms with Gasteiger partial charge in [0.05, 0.1) is 11.6 Å². The Labute approximate surface area is 421 Å². The van der Waals surface area contributed by atoms with Gasteiger partial charge in [-0.15, -0.1) is 0 Å². The molecule has 3 fully saturated rings. The van der Waals surface area contributed by atoms with Crippen molar-refractivity contribution in [2.45, 2.75) is 102 Å². The van der Waals surface area contributed by atoms with Gasteiger partial charge in [0, 0.05) is 78.1 Å². The summed E-state index contributed by atoms with van der Waals surface area (Å²) in [5.74, 6) is 0.834. The van der Waals surface area contributed by atoms with Crippen molar-refractivity contribution < 1.29 is 28.5 Å². The van der Waals surface area contributed by atoms with Crippen LogP contribution in [-0.4, -0.2) is 86.3 Å². The molecule has 0 spiro atoms. The lowest BCUT2D eigenvalue weighted by molar-refractivity contribution is 0.0472. The summed E-state index contributed by atoms with van der Waals surface area (Å²) >= 11 is 0. The second kappa shape index (κ2) is 18.8. The van der Waals surface area contributed by atoms with Gasteiger partial charge < -0.3 is 24.2 Å². The first-order valence-corrected chi connectivity index (χ1v) is 25.4. The molecule has 368 valence electrons. The quantitative estimate of drug-likeness (QED) is 0.0956. The van der Waals surface area contributed by atoms with Gasteiger partial charge in [-0.3, -0.25) is 9.58 Å². The molecule has 3 aliphatic rings. The van der Waals surface area contributed by atoms with Crippen LogP contribution in [0.2, 0.25) is 0 Å². The number of ether oxygens (including phenoxy) is 3. The topological polar surface area (TPSA) is 102 Å². The number of rotatable bonds is 16. The van der Waals surface area contributed by atoms with Crippen LogP contribution in [0.25, 0.3) is 32.9 Å². The van der Waals surface area contributed by atoms with E-state index in [1.807, 2.05) is 54.9 Å². The number of benzene rings is 6. The fourth-order valence-corrected chi connectivity index (χ4v) is 11.8. The number of carboxylic acid groups (broad SMARTS) is 1. The minimum Gasteiger partial charge on any atom is -0.483 e. The number of nitrogens with zero attached hydrogens (tertiary/aromatic N) is 5. The van der Waals surface area contributed by atoms with Crippen molar-refractivity contribution in [2.75, 3.05) is 26.8 Å². The normalized spacial score (nSPS) is 18.0. The Hall–Kier alpha value is -7.08. The Morgan fingerprint density at radius 2 is 1.42 bits per heavy atom. The SMILES string of the molecule is CO[C@@H](C)COc1cc(CC(C)(C)N2C[C@@H]3C[C@H]2CN3C(=O)O)c2cc(C3CC3)c(-c3c(C)c(F)cc4nn(C(c5ccccc5)(c5ccccc5)c5ccccc5)cc34)c(O[C@@H](C)c3ccccc3)c2n1. The van der Waals surface area contributed by atoms with E-state index in [0.29, 0.717) is 47.7 Å². The average molecular weight is 964 g/mol. The van der Waals surface area contributed by atoms with Crippen LogP contribution >= 0.6 is 0 Å². The summed E-state index contributed by atoms with van der Waals surface area (Å²) in [4.78, 5) is 21.6. The first kappa shape index (κ1) is 47.3. The monoisotopic (exact) mass is 963 g/mol. The van der Waals surface area contributed by atoms with Crippen LogP contribution in [0.3, 0.4) is 0 Å². The molecule has 2 aromatic heterocycles. The van der Waals surface area contributed by atoms with E-state index in [1.165, 1.54) is 0 Å². The Balaban J connectivity index is 1.18. The summed E-state index contributed by atoms with van der Waals surface area (Å²) in [6.07, 6.45) is 4.04. The molecule has 11 heteroatoms. The molecule has 1 amide bonds. The molecule has 0 unspecified atom stereocenters. The van der Waals surface area contributed by atoms with E-state index in [4.69, 9.17) is 24.3 Å². The average Bonchev–Trinajstić information content (AvgIpc) is 3.82. The van der Waals surface area contributed by atoms with Crippen LogP contribution in [-0.2, 0) is 16.7 Å². The maximum atomic E-state index is 17.2. The highest BCUT2D eigenvalue weighted by atomic mass is 19.1. The Morgan fingerprint density at radius 1 is 0.806 bits per heavy atom. The number of carbonyl (C=O) groups is 1. The predicted molar refractivity (Wildman–Crippen MR) is 281 cm³/mol. The third kappa shape index (κ3) is 8.36. The van der Waals surface area contributed by atoms with Crippen molar-refractivity contribution in [1.29, 1.82) is 0 Å². The third-order valence-corrected chi connectivity index (χ3v) is 15.7. The Kier molecular flexibility index (Phi) is 12.4. The standard InChI is InChI=1S/C61H62FN5O5/c1-38(70-6)37-71-54-29-43(33-60(4,5)66-35-47-30-48(66)34-65(47)59(68)69)50-31-49(42-27-28-42)56(58(57(50)63-54)72-40(3)41-19-11-7-12-20-41)55-39(2)52(62)32-53-51(55)36-67(64-53)61(44-21-13-8-14-22-44,45-23-15-9-16-24-45)46-25-17-10-18-26-46/h7-26,29,31-32,36,38,40,42,47-48H,27-28,30,33-35,37H2,1-6H3,(H,68,69)/t38-,40-,47-,48-/m0/s1. The molecule has 4 heterocycles. The van der Waals surface area contributed by atoms with Gasteiger partial charge in [0.2, 0.25) is 5.88 Å². The number of amides is 1. The molecule has 4 atom stereocenters. The molecule has 10 nitrogen and oxygen atoms in total. The first-order valence-electron chi connectivity index (χ1n) is 25.4. The lowest BCUT2D eigenvalue weighted by Crippen LogP contribution is -2.56. The van der Waals surface area contributed by atoms with Gasteiger partial charge in [0.15, 0.2) is 5.75 Å². The smallest absolute Gasteiger partial charge is 0.407 e. The van der Waals surface area contributed by atoms with Crippen LogP contribution in [0.4, 0.5) is 9.18 Å². The van der Waals surface area contributed by atoms with Crippen molar-refractivity contribution in [3.05, 3.63) is 190 Å². The number of aromatic nitrogens is 3. The first-order chi connectivity index (χ1) is 34.8. The van der Waals surface area contributed by atoms with Gasteiger partial charge in [0.25, 0.3) is 0 Å². The van der Waals surface area contributed by atoms with Crippen molar-refractivity contribution in [3.63, 3.8) is 0 Å². The van der Waals surface area contributed by atoms with Gasteiger partial charge in [0.1, 0.15) is 29.6 Å². The maximum Gasteiger partial charge on any atom is 0.407 e. The Bertz CT molecular complexity index is 3180. The molecular weight excluding hydrogens is 902 g/mol. The van der Waals surface area contributed by atoms with E-state index >= 15 is 4.39 Å². The lowest BCUT2D eigenvalue weighted by atomic mass is 9.77. The zero-order chi connectivity index (χ0) is 49.9. The molecule has 2 aliphatic heterocycles.